The van der Waals surface area contributed by atoms with Gasteiger partial charge in [-0.3, -0.25) is 0 Å². The quantitative estimate of drug-likeness (QED) is 0.724. The van der Waals surface area contributed by atoms with E-state index in [4.69, 9.17) is 16.9 Å². The molecular formula is C17H13BrClN5O2. The lowest BCUT2D eigenvalue weighted by atomic mass is 10.0. The molecule has 9 heteroatoms. The van der Waals surface area contributed by atoms with E-state index in [2.05, 4.69) is 27.0 Å². The van der Waals surface area contributed by atoms with Crippen LogP contribution in [0.2, 0.25) is 5.15 Å². The number of fused-ring (bicyclic) bond motifs is 1. The third-order valence-corrected chi connectivity index (χ3v) is 5.13. The highest BCUT2D eigenvalue weighted by Gasteiger charge is 2.32. The molecule has 0 aliphatic carbocycles. The molecular weight excluding hydrogens is 422 g/mol. The first-order valence-corrected chi connectivity index (χ1v) is 8.93. The van der Waals surface area contributed by atoms with E-state index in [1.807, 2.05) is 29.2 Å². The summed E-state index contributed by atoms with van der Waals surface area (Å²) in [4.78, 5) is 18.9. The summed E-state index contributed by atoms with van der Waals surface area (Å²) in [6.45, 7) is 0.943. The molecule has 1 fully saturated rings. The Balaban J connectivity index is 2.11. The van der Waals surface area contributed by atoms with Gasteiger partial charge in [-0.2, -0.15) is 10.5 Å². The number of nitrogens with zero attached hydrogens (tertiary/aromatic N) is 5. The standard InChI is InChI=1S/C17H13BrClN5O2/c18-10-1-2-12-14(7-10)22-16(19)13(8-21)15(12)23-5-6-24(17(25)26)11(9-23)3-4-20/h1-2,7,11H,3,5-6,9H2,(H,25,26). The molecule has 1 aromatic heterocycles. The van der Waals surface area contributed by atoms with E-state index >= 15 is 0 Å². The molecule has 1 aliphatic rings. The molecule has 0 bridgehead atoms. The number of halogens is 2. The molecule has 1 aromatic carbocycles. The summed E-state index contributed by atoms with van der Waals surface area (Å²) in [6, 6.07) is 9.18. The average Bonchev–Trinajstić information content (AvgIpc) is 2.60. The van der Waals surface area contributed by atoms with Gasteiger partial charge in [-0.1, -0.05) is 27.5 Å². The monoisotopic (exact) mass is 433 g/mol. The van der Waals surface area contributed by atoms with Gasteiger partial charge in [0.1, 0.15) is 16.8 Å². The zero-order valence-corrected chi connectivity index (χ0v) is 15.8. The molecule has 1 atom stereocenters. The molecule has 0 spiro atoms. The van der Waals surface area contributed by atoms with E-state index < -0.39 is 12.1 Å². The number of amides is 1. The number of pyridine rings is 1. The van der Waals surface area contributed by atoms with Gasteiger partial charge in [0.2, 0.25) is 0 Å². The van der Waals surface area contributed by atoms with Gasteiger partial charge >= 0.3 is 6.09 Å². The minimum Gasteiger partial charge on any atom is -0.465 e. The molecule has 0 radical (unpaired) electrons. The van der Waals surface area contributed by atoms with Crippen molar-refractivity contribution < 1.29 is 9.90 Å². The smallest absolute Gasteiger partial charge is 0.407 e. The van der Waals surface area contributed by atoms with Crippen LogP contribution in [0, 0.1) is 22.7 Å². The van der Waals surface area contributed by atoms with Gasteiger partial charge in [0.15, 0.2) is 0 Å². The SMILES string of the molecule is N#CCC1CN(c2c(C#N)c(Cl)nc3cc(Br)ccc23)CCN1C(=O)O. The maximum atomic E-state index is 11.4. The van der Waals surface area contributed by atoms with E-state index in [0.29, 0.717) is 24.3 Å². The summed E-state index contributed by atoms with van der Waals surface area (Å²) in [5.74, 6) is 0. The first-order chi connectivity index (χ1) is 12.5. The van der Waals surface area contributed by atoms with E-state index in [0.717, 1.165) is 9.86 Å². The first kappa shape index (κ1) is 18.2. The number of anilines is 1. The van der Waals surface area contributed by atoms with Gasteiger partial charge < -0.3 is 14.9 Å². The molecule has 132 valence electrons. The summed E-state index contributed by atoms with van der Waals surface area (Å²) < 4.78 is 0.835. The Morgan fingerprint density at radius 3 is 2.85 bits per heavy atom. The summed E-state index contributed by atoms with van der Waals surface area (Å²) in [7, 11) is 0. The topological polar surface area (TPSA) is 104 Å². The van der Waals surface area contributed by atoms with E-state index in [9.17, 15) is 15.2 Å². The Morgan fingerprint density at radius 1 is 1.42 bits per heavy atom. The predicted molar refractivity (Wildman–Crippen MR) is 100 cm³/mol. The summed E-state index contributed by atoms with van der Waals surface area (Å²) >= 11 is 9.62. The van der Waals surface area contributed by atoms with Gasteiger partial charge in [-0.15, -0.1) is 0 Å². The highest BCUT2D eigenvalue weighted by atomic mass is 79.9. The molecule has 1 unspecified atom stereocenters. The Morgan fingerprint density at radius 2 is 2.19 bits per heavy atom. The van der Waals surface area contributed by atoms with Gasteiger partial charge in [-0.25, -0.2) is 9.78 Å². The van der Waals surface area contributed by atoms with Gasteiger partial charge in [0, 0.05) is 29.5 Å². The Hall–Kier alpha value is -2.55. The molecule has 1 N–H and O–H groups in total. The summed E-state index contributed by atoms with van der Waals surface area (Å²) in [6.07, 6.45) is -0.973. The van der Waals surface area contributed by atoms with Crippen LogP contribution in [-0.2, 0) is 0 Å². The summed E-state index contributed by atoms with van der Waals surface area (Å²) in [5.41, 5.74) is 1.51. The van der Waals surface area contributed by atoms with Crippen LogP contribution in [0.5, 0.6) is 0 Å². The van der Waals surface area contributed by atoms with Crippen molar-refractivity contribution in [1.82, 2.24) is 9.88 Å². The van der Waals surface area contributed by atoms with Crippen molar-refractivity contribution in [2.75, 3.05) is 24.5 Å². The van der Waals surface area contributed by atoms with Crippen LogP contribution in [0.25, 0.3) is 10.9 Å². The second kappa shape index (κ2) is 7.36. The van der Waals surface area contributed by atoms with Crippen LogP contribution < -0.4 is 4.90 Å². The number of hydrogen-bond acceptors (Lipinski definition) is 5. The number of hydrogen-bond donors (Lipinski definition) is 1. The summed E-state index contributed by atoms with van der Waals surface area (Å²) in [5, 5.41) is 28.8. The molecule has 1 amide bonds. The van der Waals surface area contributed by atoms with Crippen LogP contribution in [-0.4, -0.2) is 46.8 Å². The lowest BCUT2D eigenvalue weighted by Gasteiger charge is -2.40. The molecule has 1 aliphatic heterocycles. The second-order valence-electron chi connectivity index (χ2n) is 5.84. The van der Waals surface area contributed by atoms with Crippen molar-refractivity contribution in [2.45, 2.75) is 12.5 Å². The van der Waals surface area contributed by atoms with Crippen LogP contribution in [0.3, 0.4) is 0 Å². The molecule has 26 heavy (non-hydrogen) atoms. The largest absolute Gasteiger partial charge is 0.465 e. The lowest BCUT2D eigenvalue weighted by molar-refractivity contribution is 0.119. The highest BCUT2D eigenvalue weighted by Crippen LogP contribution is 2.36. The first-order valence-electron chi connectivity index (χ1n) is 7.76. The van der Waals surface area contributed by atoms with Gasteiger partial charge in [-0.05, 0) is 18.2 Å². The molecule has 3 rings (SSSR count). The van der Waals surface area contributed by atoms with Crippen LogP contribution >= 0.6 is 27.5 Å². The molecule has 1 saturated heterocycles. The molecule has 7 nitrogen and oxygen atoms in total. The normalized spacial score (nSPS) is 17.0. The van der Waals surface area contributed by atoms with Gasteiger partial charge in [0.25, 0.3) is 0 Å². The fourth-order valence-electron chi connectivity index (χ4n) is 3.21. The number of carbonyl (C=O) groups is 1. The minimum atomic E-state index is -1.05. The maximum Gasteiger partial charge on any atom is 0.407 e. The van der Waals surface area contributed by atoms with Gasteiger partial charge in [0.05, 0.1) is 29.7 Å². The van der Waals surface area contributed by atoms with Crippen molar-refractivity contribution in [2.24, 2.45) is 0 Å². The van der Waals surface area contributed by atoms with Crippen molar-refractivity contribution in [3.8, 4) is 12.1 Å². The lowest BCUT2D eigenvalue weighted by Crippen LogP contribution is -2.55. The third-order valence-electron chi connectivity index (χ3n) is 4.36. The zero-order valence-electron chi connectivity index (χ0n) is 13.5. The van der Waals surface area contributed by atoms with Crippen molar-refractivity contribution in [1.29, 1.82) is 10.5 Å². The second-order valence-corrected chi connectivity index (χ2v) is 7.11. The van der Waals surface area contributed by atoms with Crippen molar-refractivity contribution >= 4 is 50.2 Å². The van der Waals surface area contributed by atoms with Crippen LogP contribution in [0.4, 0.5) is 10.5 Å². The predicted octanol–water partition coefficient (Wildman–Crippen LogP) is 3.60. The molecule has 2 aromatic rings. The van der Waals surface area contributed by atoms with Crippen molar-refractivity contribution in [3.05, 3.63) is 33.4 Å². The number of carboxylic acid groups (broad SMARTS) is 1. The Bertz CT molecular complexity index is 968. The van der Waals surface area contributed by atoms with Crippen LogP contribution in [0.1, 0.15) is 12.0 Å². The number of benzene rings is 1. The number of nitriles is 2. The fourth-order valence-corrected chi connectivity index (χ4v) is 3.78. The third kappa shape index (κ3) is 3.26. The highest BCUT2D eigenvalue weighted by molar-refractivity contribution is 9.10. The Labute approximate surface area is 163 Å². The van der Waals surface area contributed by atoms with E-state index in [1.165, 1.54) is 4.90 Å². The van der Waals surface area contributed by atoms with E-state index in [-0.39, 0.29) is 23.7 Å². The van der Waals surface area contributed by atoms with E-state index in [1.54, 1.807) is 0 Å². The van der Waals surface area contributed by atoms with Crippen LogP contribution in [0.15, 0.2) is 22.7 Å². The minimum absolute atomic E-state index is 0.0764. The zero-order chi connectivity index (χ0) is 18.8. The van der Waals surface area contributed by atoms with Crippen molar-refractivity contribution in [3.63, 3.8) is 0 Å². The average molecular weight is 435 g/mol. The molecule has 2 heterocycles. The Kier molecular flexibility index (Phi) is 5.17. The number of aromatic nitrogens is 1. The fraction of sp³-hybridized carbons (Fsp3) is 0.294. The number of rotatable bonds is 2. The number of piperazine rings is 1. The maximum absolute atomic E-state index is 11.4. The molecule has 0 saturated carbocycles.